The minimum Gasteiger partial charge on any atom is -0.480 e. The molecular formula is C13H15NO2S. The Morgan fingerprint density at radius 2 is 2.12 bits per heavy atom. The van der Waals surface area contributed by atoms with Crippen molar-refractivity contribution in [1.82, 2.24) is 0 Å². The van der Waals surface area contributed by atoms with Crippen LogP contribution in [-0.2, 0) is 4.79 Å². The highest BCUT2D eigenvalue weighted by atomic mass is 32.2. The molecule has 0 saturated carbocycles. The maximum atomic E-state index is 11.2. The van der Waals surface area contributed by atoms with E-state index in [0.717, 1.165) is 10.5 Å². The molecule has 4 heteroatoms. The Morgan fingerprint density at radius 3 is 2.59 bits per heavy atom. The second kappa shape index (κ2) is 5.74. The van der Waals surface area contributed by atoms with Crippen LogP contribution in [0.15, 0.2) is 23.1 Å². The van der Waals surface area contributed by atoms with Crippen LogP contribution in [0.1, 0.15) is 25.0 Å². The van der Waals surface area contributed by atoms with Gasteiger partial charge in [0, 0.05) is 4.90 Å². The van der Waals surface area contributed by atoms with E-state index in [1.165, 1.54) is 11.8 Å². The predicted molar refractivity (Wildman–Crippen MR) is 68.0 cm³/mol. The summed E-state index contributed by atoms with van der Waals surface area (Å²) in [6.45, 7) is 5.63. The van der Waals surface area contributed by atoms with Crippen LogP contribution < -0.4 is 0 Å². The first-order valence-corrected chi connectivity index (χ1v) is 6.24. The maximum absolute atomic E-state index is 11.2. The minimum atomic E-state index is -0.836. The van der Waals surface area contributed by atoms with Gasteiger partial charge < -0.3 is 5.11 Å². The molecule has 1 unspecified atom stereocenters. The molecule has 3 nitrogen and oxygen atoms in total. The summed E-state index contributed by atoms with van der Waals surface area (Å²) >= 11 is 1.26. The summed E-state index contributed by atoms with van der Waals surface area (Å²) in [6.07, 6.45) is 0. The maximum Gasteiger partial charge on any atom is 0.317 e. The number of carbonyl (C=O) groups is 1. The normalized spacial score (nSPS) is 12.2. The molecule has 90 valence electrons. The van der Waals surface area contributed by atoms with E-state index >= 15 is 0 Å². The van der Waals surface area contributed by atoms with Gasteiger partial charge in [-0.1, -0.05) is 26.0 Å². The lowest BCUT2D eigenvalue weighted by molar-refractivity contribution is -0.137. The Hall–Kier alpha value is -1.47. The second-order valence-corrected chi connectivity index (χ2v) is 5.34. The van der Waals surface area contributed by atoms with Crippen molar-refractivity contribution in [3.63, 3.8) is 0 Å². The molecule has 1 aromatic carbocycles. The van der Waals surface area contributed by atoms with Gasteiger partial charge in [0.2, 0.25) is 0 Å². The highest BCUT2D eigenvalue weighted by Crippen LogP contribution is 2.33. The van der Waals surface area contributed by atoms with Crippen LogP contribution in [0.3, 0.4) is 0 Å². The van der Waals surface area contributed by atoms with Crippen molar-refractivity contribution in [3.05, 3.63) is 29.3 Å². The third kappa shape index (κ3) is 3.24. The topological polar surface area (TPSA) is 61.1 Å². The average molecular weight is 249 g/mol. The Labute approximate surface area is 105 Å². The van der Waals surface area contributed by atoms with Gasteiger partial charge in [0.1, 0.15) is 11.3 Å². The quantitative estimate of drug-likeness (QED) is 0.833. The fraction of sp³-hybridized carbons (Fsp3) is 0.385. The highest BCUT2D eigenvalue weighted by Gasteiger charge is 2.24. The lowest BCUT2D eigenvalue weighted by atomic mass is 10.1. The Kier molecular flexibility index (Phi) is 4.59. The molecular weight excluding hydrogens is 234 g/mol. The van der Waals surface area contributed by atoms with E-state index in [1.807, 2.05) is 32.9 Å². The minimum absolute atomic E-state index is 0.0173. The number of hydrogen-bond acceptors (Lipinski definition) is 3. The Bertz CT molecular complexity index is 463. The van der Waals surface area contributed by atoms with E-state index in [0.29, 0.717) is 5.56 Å². The molecule has 0 fully saturated rings. The van der Waals surface area contributed by atoms with Gasteiger partial charge in [0.15, 0.2) is 0 Å². The van der Waals surface area contributed by atoms with Crippen molar-refractivity contribution in [1.29, 1.82) is 5.26 Å². The van der Waals surface area contributed by atoms with Gasteiger partial charge in [0.05, 0.1) is 5.56 Å². The van der Waals surface area contributed by atoms with Crippen LogP contribution in [-0.4, -0.2) is 16.3 Å². The van der Waals surface area contributed by atoms with Crippen LogP contribution in [0.4, 0.5) is 0 Å². The fourth-order valence-corrected chi connectivity index (χ4v) is 2.62. The first kappa shape index (κ1) is 13.6. The van der Waals surface area contributed by atoms with Crippen LogP contribution in [0.25, 0.3) is 0 Å². The van der Waals surface area contributed by atoms with Crippen molar-refractivity contribution >= 4 is 17.7 Å². The number of carboxylic acid groups (broad SMARTS) is 1. The summed E-state index contributed by atoms with van der Waals surface area (Å²) in [4.78, 5) is 11.9. The third-order valence-corrected chi connectivity index (χ3v) is 4.20. The van der Waals surface area contributed by atoms with Crippen LogP contribution >= 0.6 is 11.8 Å². The van der Waals surface area contributed by atoms with Crippen molar-refractivity contribution in [2.75, 3.05) is 0 Å². The Morgan fingerprint density at radius 1 is 1.47 bits per heavy atom. The number of rotatable bonds is 4. The number of nitrogens with zero attached hydrogens (tertiary/aromatic N) is 1. The summed E-state index contributed by atoms with van der Waals surface area (Å²) < 4.78 is 0. The van der Waals surface area contributed by atoms with Gasteiger partial charge in [0.25, 0.3) is 0 Å². The van der Waals surface area contributed by atoms with Crippen molar-refractivity contribution in [3.8, 4) is 6.07 Å². The predicted octanol–water partition coefficient (Wildman–Crippen LogP) is 3.07. The molecule has 1 N–H and O–H groups in total. The number of nitriles is 1. The summed E-state index contributed by atoms with van der Waals surface area (Å²) in [5.74, 6) is -0.819. The van der Waals surface area contributed by atoms with Gasteiger partial charge in [-0.05, 0) is 24.5 Å². The number of hydrogen-bond donors (Lipinski definition) is 1. The van der Waals surface area contributed by atoms with E-state index < -0.39 is 11.2 Å². The van der Waals surface area contributed by atoms with Gasteiger partial charge in [-0.15, -0.1) is 11.8 Å². The molecule has 0 saturated heterocycles. The van der Waals surface area contributed by atoms with Gasteiger partial charge in [-0.25, -0.2) is 0 Å². The lowest BCUT2D eigenvalue weighted by Gasteiger charge is -2.17. The summed E-state index contributed by atoms with van der Waals surface area (Å²) in [6, 6.07) is 7.52. The number of carboxylic acids is 1. The lowest BCUT2D eigenvalue weighted by Crippen LogP contribution is -2.22. The summed E-state index contributed by atoms with van der Waals surface area (Å²) in [7, 11) is 0. The zero-order chi connectivity index (χ0) is 13.0. The van der Waals surface area contributed by atoms with Gasteiger partial charge >= 0.3 is 5.97 Å². The monoisotopic (exact) mass is 249 g/mol. The zero-order valence-corrected chi connectivity index (χ0v) is 10.9. The van der Waals surface area contributed by atoms with E-state index in [1.54, 1.807) is 6.07 Å². The van der Waals surface area contributed by atoms with E-state index in [-0.39, 0.29) is 5.92 Å². The fourth-order valence-electron chi connectivity index (χ4n) is 1.50. The number of benzene rings is 1. The first-order valence-electron chi connectivity index (χ1n) is 5.36. The van der Waals surface area contributed by atoms with Crippen LogP contribution in [0.5, 0.6) is 0 Å². The summed E-state index contributed by atoms with van der Waals surface area (Å²) in [5.41, 5.74) is 1.49. The molecule has 1 aromatic rings. The molecule has 0 heterocycles. The third-order valence-electron chi connectivity index (χ3n) is 2.43. The van der Waals surface area contributed by atoms with Crippen LogP contribution in [0, 0.1) is 24.2 Å². The molecule has 0 spiro atoms. The summed E-state index contributed by atoms with van der Waals surface area (Å²) in [5, 5.41) is 17.7. The highest BCUT2D eigenvalue weighted by molar-refractivity contribution is 8.00. The molecule has 1 atom stereocenters. The second-order valence-electron chi connectivity index (χ2n) is 4.18. The Balaban J connectivity index is 3.10. The zero-order valence-electron chi connectivity index (χ0n) is 10.1. The number of thioether (sulfide) groups is 1. The SMILES string of the molecule is Cc1cccc(C#N)c1SC(C(=O)O)C(C)C. The van der Waals surface area contributed by atoms with Crippen molar-refractivity contribution < 1.29 is 9.90 Å². The number of aryl methyl sites for hydroxylation is 1. The van der Waals surface area contributed by atoms with Gasteiger partial charge in [-0.3, -0.25) is 4.79 Å². The number of aliphatic carboxylic acids is 1. The molecule has 0 aliphatic heterocycles. The largest absolute Gasteiger partial charge is 0.480 e. The average Bonchev–Trinajstić information content (AvgIpc) is 2.25. The molecule has 0 amide bonds. The van der Waals surface area contributed by atoms with Gasteiger partial charge in [-0.2, -0.15) is 5.26 Å². The van der Waals surface area contributed by atoms with Crippen molar-refractivity contribution in [2.24, 2.45) is 5.92 Å². The van der Waals surface area contributed by atoms with E-state index in [4.69, 9.17) is 10.4 Å². The molecule has 17 heavy (non-hydrogen) atoms. The smallest absolute Gasteiger partial charge is 0.317 e. The van der Waals surface area contributed by atoms with Crippen LogP contribution in [0.2, 0.25) is 0 Å². The van der Waals surface area contributed by atoms with E-state index in [9.17, 15) is 4.79 Å². The molecule has 0 aliphatic carbocycles. The van der Waals surface area contributed by atoms with E-state index in [2.05, 4.69) is 6.07 Å². The van der Waals surface area contributed by atoms with Crippen molar-refractivity contribution in [2.45, 2.75) is 30.9 Å². The molecule has 0 aromatic heterocycles. The molecule has 1 rings (SSSR count). The molecule has 0 radical (unpaired) electrons. The molecule has 0 bridgehead atoms. The standard InChI is InChI=1S/C13H15NO2S/c1-8(2)11(13(15)16)17-12-9(3)5-4-6-10(12)7-14/h4-6,8,11H,1-3H3,(H,15,16). The molecule has 0 aliphatic rings. The first-order chi connectivity index (χ1) is 7.97.